The first-order chi connectivity index (χ1) is 8.90. The van der Waals surface area contributed by atoms with Crippen LogP contribution in [-0.2, 0) is 11.3 Å². The minimum absolute atomic E-state index is 0.201. The second-order valence-corrected chi connectivity index (χ2v) is 5.45. The second kappa shape index (κ2) is 5.35. The fraction of sp³-hybridized carbons (Fsp3) is 0.417. The van der Waals surface area contributed by atoms with Crippen molar-refractivity contribution in [3.8, 4) is 0 Å². The third-order valence-electron chi connectivity index (χ3n) is 3.12. The topological polar surface area (TPSA) is 63.5 Å². The van der Waals surface area contributed by atoms with E-state index >= 15 is 0 Å². The van der Waals surface area contributed by atoms with Crippen molar-refractivity contribution in [3.05, 3.63) is 43.9 Å². The molecule has 2 atom stereocenters. The molecule has 1 saturated carbocycles. The monoisotopic (exact) mass is 302 g/mol. The summed E-state index contributed by atoms with van der Waals surface area (Å²) in [6.45, 7) is 0.358. The summed E-state index contributed by atoms with van der Waals surface area (Å²) in [4.78, 5) is 23.6. The molecule has 0 bridgehead atoms. The summed E-state index contributed by atoms with van der Waals surface area (Å²) in [5.74, 6) is -0.685. The minimum atomic E-state index is -0.719. The van der Waals surface area contributed by atoms with Crippen LogP contribution in [-0.4, -0.2) is 28.8 Å². The third-order valence-corrected chi connectivity index (χ3v) is 3.86. The predicted octanol–water partition coefficient (Wildman–Crippen LogP) is 2.62. The van der Waals surface area contributed by atoms with E-state index < -0.39 is 16.9 Å². The molecule has 1 fully saturated rings. The molecule has 1 aliphatic carbocycles. The molecule has 0 heterocycles. The standard InChI is InChI=1S/C12H12Cl2N2O3/c1-15(12(17)8-5-11(8)16(18)19)6-7-2-3-9(13)10(14)4-7/h2-4,8,11H,5-6H2,1H3. The molecule has 2 rings (SSSR count). The van der Waals surface area contributed by atoms with Gasteiger partial charge in [0.25, 0.3) is 0 Å². The van der Waals surface area contributed by atoms with Gasteiger partial charge in [-0.1, -0.05) is 29.3 Å². The third kappa shape index (κ3) is 3.16. The van der Waals surface area contributed by atoms with E-state index in [0.717, 1.165) is 5.56 Å². The summed E-state index contributed by atoms with van der Waals surface area (Å²) >= 11 is 11.7. The quantitative estimate of drug-likeness (QED) is 0.634. The van der Waals surface area contributed by atoms with E-state index in [2.05, 4.69) is 0 Å². The van der Waals surface area contributed by atoms with Gasteiger partial charge in [0.05, 0.1) is 10.0 Å². The molecule has 0 aromatic heterocycles. The van der Waals surface area contributed by atoms with E-state index in [9.17, 15) is 14.9 Å². The van der Waals surface area contributed by atoms with Gasteiger partial charge in [0.1, 0.15) is 5.92 Å². The number of hydrogen-bond acceptors (Lipinski definition) is 3. The van der Waals surface area contributed by atoms with Gasteiger partial charge in [-0.3, -0.25) is 14.9 Å². The Morgan fingerprint density at radius 2 is 2.16 bits per heavy atom. The van der Waals surface area contributed by atoms with Crippen LogP contribution in [0.25, 0.3) is 0 Å². The molecule has 102 valence electrons. The second-order valence-electron chi connectivity index (χ2n) is 4.64. The highest BCUT2D eigenvalue weighted by atomic mass is 35.5. The number of hydrogen-bond donors (Lipinski definition) is 0. The predicted molar refractivity (Wildman–Crippen MR) is 71.8 cm³/mol. The van der Waals surface area contributed by atoms with Crippen molar-refractivity contribution in [2.45, 2.75) is 19.0 Å². The highest BCUT2D eigenvalue weighted by Crippen LogP contribution is 2.35. The number of carbonyl (C=O) groups excluding carboxylic acids is 1. The molecule has 0 aliphatic heterocycles. The number of nitrogens with zero attached hydrogens (tertiary/aromatic N) is 2. The Morgan fingerprint density at radius 1 is 1.47 bits per heavy atom. The van der Waals surface area contributed by atoms with Crippen LogP contribution in [0.15, 0.2) is 18.2 Å². The first-order valence-corrected chi connectivity index (χ1v) is 6.48. The first-order valence-electron chi connectivity index (χ1n) is 5.72. The minimum Gasteiger partial charge on any atom is -0.341 e. The first kappa shape index (κ1) is 14.1. The largest absolute Gasteiger partial charge is 0.341 e. The summed E-state index contributed by atoms with van der Waals surface area (Å²) in [5, 5.41) is 11.4. The fourth-order valence-corrected chi connectivity index (χ4v) is 2.27. The Hall–Kier alpha value is -1.33. The molecule has 1 amide bonds. The van der Waals surface area contributed by atoms with Crippen molar-refractivity contribution in [3.63, 3.8) is 0 Å². The summed E-state index contributed by atoms with van der Waals surface area (Å²) in [5.41, 5.74) is 0.837. The maximum absolute atomic E-state index is 11.9. The van der Waals surface area contributed by atoms with Crippen LogP contribution in [0.4, 0.5) is 0 Å². The molecule has 0 saturated heterocycles. The molecular formula is C12H12Cl2N2O3. The van der Waals surface area contributed by atoms with Crippen LogP contribution in [0.3, 0.4) is 0 Å². The van der Waals surface area contributed by atoms with E-state index in [1.807, 2.05) is 0 Å². The molecule has 19 heavy (non-hydrogen) atoms. The summed E-state index contributed by atoms with van der Waals surface area (Å²) < 4.78 is 0. The van der Waals surface area contributed by atoms with Crippen molar-refractivity contribution in [1.82, 2.24) is 4.90 Å². The number of benzene rings is 1. The Morgan fingerprint density at radius 3 is 2.68 bits per heavy atom. The maximum atomic E-state index is 11.9. The van der Waals surface area contributed by atoms with Gasteiger partial charge in [-0.2, -0.15) is 0 Å². The van der Waals surface area contributed by atoms with Gasteiger partial charge in [0, 0.05) is 24.9 Å². The van der Waals surface area contributed by atoms with Gasteiger partial charge in [-0.15, -0.1) is 0 Å². The molecule has 1 aromatic rings. The molecule has 0 radical (unpaired) electrons. The normalized spacial score (nSPS) is 21.0. The molecule has 1 aromatic carbocycles. The average Bonchev–Trinajstić information content (AvgIpc) is 3.13. The molecule has 0 N–H and O–H groups in total. The van der Waals surface area contributed by atoms with Crippen molar-refractivity contribution >= 4 is 29.1 Å². The van der Waals surface area contributed by atoms with Crippen LogP contribution >= 0.6 is 23.2 Å². The van der Waals surface area contributed by atoms with Crippen molar-refractivity contribution < 1.29 is 9.72 Å². The van der Waals surface area contributed by atoms with Gasteiger partial charge >= 0.3 is 0 Å². The van der Waals surface area contributed by atoms with E-state index in [4.69, 9.17) is 23.2 Å². The number of nitro groups is 1. The van der Waals surface area contributed by atoms with Gasteiger partial charge in [-0.25, -0.2) is 0 Å². The lowest BCUT2D eigenvalue weighted by Gasteiger charge is -2.17. The zero-order valence-corrected chi connectivity index (χ0v) is 11.7. The zero-order valence-electron chi connectivity index (χ0n) is 10.2. The van der Waals surface area contributed by atoms with E-state index in [0.29, 0.717) is 23.0 Å². The van der Waals surface area contributed by atoms with Crippen molar-refractivity contribution in [1.29, 1.82) is 0 Å². The Kier molecular flexibility index (Phi) is 3.96. The summed E-state index contributed by atoms with van der Waals surface area (Å²) in [6.07, 6.45) is 0.331. The van der Waals surface area contributed by atoms with E-state index in [1.165, 1.54) is 4.90 Å². The number of rotatable bonds is 4. The van der Waals surface area contributed by atoms with Gasteiger partial charge < -0.3 is 4.90 Å². The highest BCUT2D eigenvalue weighted by molar-refractivity contribution is 6.42. The van der Waals surface area contributed by atoms with Crippen LogP contribution in [0, 0.1) is 16.0 Å². The average molecular weight is 303 g/mol. The smallest absolute Gasteiger partial charge is 0.232 e. The van der Waals surface area contributed by atoms with Crippen LogP contribution in [0.2, 0.25) is 10.0 Å². The fourth-order valence-electron chi connectivity index (χ4n) is 1.95. The Labute approximate surface area is 120 Å². The maximum Gasteiger partial charge on any atom is 0.232 e. The Balaban J connectivity index is 1.97. The molecule has 5 nitrogen and oxygen atoms in total. The van der Waals surface area contributed by atoms with Crippen LogP contribution in [0.5, 0.6) is 0 Å². The molecule has 7 heteroatoms. The van der Waals surface area contributed by atoms with E-state index in [-0.39, 0.29) is 5.91 Å². The molecule has 1 aliphatic rings. The Bertz CT molecular complexity index is 536. The van der Waals surface area contributed by atoms with Crippen molar-refractivity contribution in [2.75, 3.05) is 7.05 Å². The molecule has 0 spiro atoms. The molecular weight excluding hydrogens is 291 g/mol. The van der Waals surface area contributed by atoms with Crippen molar-refractivity contribution in [2.24, 2.45) is 5.92 Å². The number of amides is 1. The lowest BCUT2D eigenvalue weighted by atomic mass is 10.2. The SMILES string of the molecule is CN(Cc1ccc(Cl)c(Cl)c1)C(=O)C1CC1[N+](=O)[O-]. The summed E-state index contributed by atoms with van der Waals surface area (Å²) in [7, 11) is 1.63. The van der Waals surface area contributed by atoms with Crippen LogP contribution in [0.1, 0.15) is 12.0 Å². The van der Waals surface area contributed by atoms with Gasteiger partial charge in [-0.05, 0) is 17.7 Å². The number of halogens is 2. The van der Waals surface area contributed by atoms with Crippen LogP contribution < -0.4 is 0 Å². The lowest BCUT2D eigenvalue weighted by Crippen LogP contribution is -2.29. The lowest BCUT2D eigenvalue weighted by molar-refractivity contribution is -0.497. The number of carbonyl (C=O) groups is 1. The highest BCUT2D eigenvalue weighted by Gasteiger charge is 2.54. The summed E-state index contributed by atoms with van der Waals surface area (Å²) in [6, 6.07) is 4.40. The van der Waals surface area contributed by atoms with E-state index in [1.54, 1.807) is 25.2 Å². The zero-order chi connectivity index (χ0) is 14.2. The van der Waals surface area contributed by atoms with Gasteiger partial charge in [0.2, 0.25) is 11.9 Å². The molecule has 2 unspecified atom stereocenters. The van der Waals surface area contributed by atoms with Gasteiger partial charge in [0.15, 0.2) is 0 Å².